The largest absolute Gasteiger partial charge is 0.499 e. The van der Waals surface area contributed by atoms with Gasteiger partial charge in [0, 0.05) is 11.3 Å². The molecule has 3 heteroatoms. The van der Waals surface area contributed by atoms with Crippen LogP contribution in [0.15, 0.2) is 34.9 Å². The monoisotopic (exact) mass is 295 g/mol. The fraction of sp³-hybridized carbons (Fsp3) is 0.611. The molecule has 0 aliphatic rings. The third-order valence-corrected chi connectivity index (χ3v) is 3.53. The van der Waals surface area contributed by atoms with Gasteiger partial charge in [0.2, 0.25) is 0 Å². The van der Waals surface area contributed by atoms with Crippen molar-refractivity contribution in [2.75, 3.05) is 6.61 Å². The first kappa shape index (κ1) is 19.6. The Morgan fingerprint density at radius 3 is 2.29 bits per heavy atom. The Bertz CT molecular complexity index is 419. The van der Waals surface area contributed by atoms with E-state index in [0.717, 1.165) is 43.4 Å². The molecule has 0 aliphatic heterocycles. The van der Waals surface area contributed by atoms with Crippen LogP contribution in [0.5, 0.6) is 0 Å². The Labute approximate surface area is 129 Å². The first-order valence-corrected chi connectivity index (χ1v) is 7.88. The van der Waals surface area contributed by atoms with Gasteiger partial charge >= 0.3 is 0 Å². The van der Waals surface area contributed by atoms with E-state index < -0.39 is 0 Å². The van der Waals surface area contributed by atoms with Gasteiger partial charge in [0.25, 0.3) is 0 Å². The zero-order valence-corrected chi connectivity index (χ0v) is 14.2. The number of rotatable bonds is 10. The van der Waals surface area contributed by atoms with E-state index in [-0.39, 0.29) is 5.71 Å². The molecular weight excluding hydrogens is 265 g/mol. The van der Waals surface area contributed by atoms with Crippen molar-refractivity contribution in [3.05, 3.63) is 34.9 Å². The van der Waals surface area contributed by atoms with E-state index in [9.17, 15) is 4.39 Å². The van der Waals surface area contributed by atoms with E-state index >= 15 is 0 Å². The number of ether oxygens (including phenoxy) is 1. The topological polar surface area (TPSA) is 33.1 Å². The van der Waals surface area contributed by atoms with Crippen LogP contribution in [0.25, 0.3) is 0 Å². The van der Waals surface area contributed by atoms with Gasteiger partial charge in [-0.05, 0) is 57.6 Å². The molecule has 0 aliphatic carbocycles. The van der Waals surface area contributed by atoms with Crippen LogP contribution in [0.4, 0.5) is 4.39 Å². The normalized spacial score (nSPS) is 14.0. The summed E-state index contributed by atoms with van der Waals surface area (Å²) in [6, 6.07) is 0. The highest BCUT2D eigenvalue weighted by Gasteiger charge is 2.08. The highest BCUT2D eigenvalue weighted by Crippen LogP contribution is 2.22. The molecule has 21 heavy (non-hydrogen) atoms. The van der Waals surface area contributed by atoms with E-state index in [1.807, 2.05) is 26.8 Å². The minimum absolute atomic E-state index is 0.270. The zero-order valence-electron chi connectivity index (χ0n) is 14.2. The van der Waals surface area contributed by atoms with Crippen LogP contribution in [0.3, 0.4) is 0 Å². The Morgan fingerprint density at radius 2 is 1.86 bits per heavy atom. The SMILES string of the molecule is CCCC/C(CC=C(CC)/C(=C/F)C(C)=N)=C(/C)OCC. The van der Waals surface area contributed by atoms with Gasteiger partial charge in [0.05, 0.1) is 18.7 Å². The third-order valence-electron chi connectivity index (χ3n) is 3.53. The van der Waals surface area contributed by atoms with Crippen molar-refractivity contribution in [3.63, 3.8) is 0 Å². The van der Waals surface area contributed by atoms with E-state index in [2.05, 4.69) is 6.92 Å². The molecule has 0 spiro atoms. The molecule has 0 radical (unpaired) electrons. The van der Waals surface area contributed by atoms with Gasteiger partial charge in [-0.15, -0.1) is 0 Å². The molecule has 0 bridgehead atoms. The van der Waals surface area contributed by atoms with E-state index in [1.54, 1.807) is 6.92 Å². The summed E-state index contributed by atoms with van der Waals surface area (Å²) in [4.78, 5) is 0. The van der Waals surface area contributed by atoms with E-state index in [0.29, 0.717) is 18.5 Å². The van der Waals surface area contributed by atoms with Crippen LogP contribution >= 0.6 is 0 Å². The molecule has 0 amide bonds. The van der Waals surface area contributed by atoms with Gasteiger partial charge in [0.15, 0.2) is 0 Å². The Hall–Kier alpha value is -1.38. The molecule has 0 heterocycles. The van der Waals surface area contributed by atoms with E-state index in [1.165, 1.54) is 5.57 Å². The summed E-state index contributed by atoms with van der Waals surface area (Å²) >= 11 is 0. The minimum atomic E-state index is 0.270. The number of halogens is 1. The summed E-state index contributed by atoms with van der Waals surface area (Å²) in [5.74, 6) is 0.981. The standard InChI is InChI=1S/C18H30FNO/c1-6-9-10-17(15(5)21-8-3)12-11-16(7-2)18(13-19)14(4)20/h11,13,20H,6-10,12H2,1-5H3/b16-11?,17-15+,18-13+,20-14?. The lowest BCUT2D eigenvalue weighted by atomic mass is 9.97. The summed E-state index contributed by atoms with van der Waals surface area (Å²) in [5.41, 5.74) is 2.83. The lowest BCUT2D eigenvalue weighted by Gasteiger charge is -2.13. The van der Waals surface area contributed by atoms with Crippen molar-refractivity contribution in [3.8, 4) is 0 Å². The van der Waals surface area contributed by atoms with Gasteiger partial charge in [-0.2, -0.15) is 0 Å². The van der Waals surface area contributed by atoms with Crippen molar-refractivity contribution in [2.45, 2.75) is 66.7 Å². The third kappa shape index (κ3) is 7.26. The summed E-state index contributed by atoms with van der Waals surface area (Å²) in [6.45, 7) is 10.4. The van der Waals surface area contributed by atoms with Crippen LogP contribution < -0.4 is 0 Å². The van der Waals surface area contributed by atoms with Crippen LogP contribution in [0.1, 0.15) is 66.7 Å². The van der Waals surface area contributed by atoms with Crippen molar-refractivity contribution in [2.24, 2.45) is 0 Å². The molecule has 0 saturated heterocycles. The molecule has 2 nitrogen and oxygen atoms in total. The quantitative estimate of drug-likeness (QED) is 0.294. The van der Waals surface area contributed by atoms with Crippen LogP contribution in [-0.4, -0.2) is 12.3 Å². The average molecular weight is 295 g/mol. The van der Waals surface area contributed by atoms with Gasteiger partial charge < -0.3 is 10.1 Å². The molecule has 0 aromatic rings. The molecule has 120 valence electrons. The van der Waals surface area contributed by atoms with Crippen molar-refractivity contribution >= 4 is 5.71 Å². The first-order valence-electron chi connectivity index (χ1n) is 7.88. The molecule has 0 aromatic heterocycles. The number of allylic oxidation sites excluding steroid dienone is 5. The molecule has 0 saturated carbocycles. The molecule has 0 aromatic carbocycles. The molecule has 1 N–H and O–H groups in total. The van der Waals surface area contributed by atoms with Gasteiger partial charge in [-0.25, -0.2) is 4.39 Å². The second-order valence-corrected chi connectivity index (χ2v) is 5.13. The van der Waals surface area contributed by atoms with Crippen molar-refractivity contribution in [1.82, 2.24) is 0 Å². The number of hydrogen-bond donors (Lipinski definition) is 1. The van der Waals surface area contributed by atoms with Crippen LogP contribution in [-0.2, 0) is 4.74 Å². The summed E-state index contributed by atoms with van der Waals surface area (Å²) in [7, 11) is 0. The molecule has 0 atom stereocenters. The molecule has 0 rings (SSSR count). The van der Waals surface area contributed by atoms with Gasteiger partial charge in [-0.1, -0.05) is 26.3 Å². The average Bonchev–Trinajstić information content (AvgIpc) is 2.45. The Kier molecular flexibility index (Phi) is 10.6. The maximum atomic E-state index is 13.0. The minimum Gasteiger partial charge on any atom is -0.499 e. The first-order chi connectivity index (χ1) is 10.0. The molecule has 0 fully saturated rings. The maximum absolute atomic E-state index is 13.0. The molecular formula is C18H30FNO. The fourth-order valence-corrected chi connectivity index (χ4v) is 2.21. The highest BCUT2D eigenvalue weighted by atomic mass is 19.1. The van der Waals surface area contributed by atoms with Gasteiger partial charge in [0.1, 0.15) is 0 Å². The number of unbranched alkanes of at least 4 members (excludes halogenated alkanes) is 1. The van der Waals surface area contributed by atoms with E-state index in [4.69, 9.17) is 10.1 Å². The second-order valence-electron chi connectivity index (χ2n) is 5.13. The predicted molar refractivity (Wildman–Crippen MR) is 89.4 cm³/mol. The lowest BCUT2D eigenvalue weighted by molar-refractivity contribution is 0.225. The maximum Gasteiger partial charge on any atom is 0.0959 e. The van der Waals surface area contributed by atoms with Crippen LogP contribution in [0.2, 0.25) is 0 Å². The Balaban J connectivity index is 5.18. The lowest BCUT2D eigenvalue weighted by Crippen LogP contribution is -2.00. The zero-order chi connectivity index (χ0) is 16.3. The van der Waals surface area contributed by atoms with Crippen molar-refractivity contribution < 1.29 is 9.13 Å². The second kappa shape index (κ2) is 11.3. The van der Waals surface area contributed by atoms with Gasteiger partial charge in [-0.3, -0.25) is 0 Å². The number of nitrogens with one attached hydrogen (secondary N) is 1. The summed E-state index contributed by atoms with van der Waals surface area (Å²) in [6.07, 6.45) is 7.35. The smallest absolute Gasteiger partial charge is 0.0959 e. The predicted octanol–water partition coefficient (Wildman–Crippen LogP) is 6.11. The fourth-order valence-electron chi connectivity index (χ4n) is 2.21. The summed E-state index contributed by atoms with van der Waals surface area (Å²) in [5, 5.41) is 7.65. The van der Waals surface area contributed by atoms with Crippen LogP contribution in [0, 0.1) is 5.41 Å². The number of hydrogen-bond acceptors (Lipinski definition) is 2. The summed E-state index contributed by atoms with van der Waals surface area (Å²) < 4.78 is 18.6. The molecule has 0 unspecified atom stereocenters. The Morgan fingerprint density at radius 1 is 1.19 bits per heavy atom. The highest BCUT2D eigenvalue weighted by molar-refractivity contribution is 5.99. The van der Waals surface area contributed by atoms with Crippen molar-refractivity contribution in [1.29, 1.82) is 5.41 Å².